The summed E-state index contributed by atoms with van der Waals surface area (Å²) in [5.74, 6) is 0. The fraction of sp³-hybridized carbons (Fsp3) is 0.500. The Hall–Kier alpha value is -0.900. The predicted octanol–water partition coefficient (Wildman–Crippen LogP) is 2.31. The van der Waals surface area contributed by atoms with E-state index >= 15 is 0 Å². The molecule has 0 saturated heterocycles. The van der Waals surface area contributed by atoms with Crippen LogP contribution in [-0.2, 0) is 0 Å². The first kappa shape index (κ1) is 10.2. The Morgan fingerprint density at radius 1 is 1.69 bits per heavy atom. The summed E-state index contributed by atoms with van der Waals surface area (Å²) in [6, 6.07) is 0. The van der Waals surface area contributed by atoms with Crippen molar-refractivity contribution in [2.45, 2.75) is 13.8 Å². The molecule has 0 amide bonds. The van der Waals surface area contributed by atoms with Crippen molar-refractivity contribution in [2.75, 3.05) is 6.67 Å². The van der Waals surface area contributed by atoms with Gasteiger partial charge in [-0.2, -0.15) is 5.10 Å². The van der Waals surface area contributed by atoms with Crippen LogP contribution >= 0.6 is 11.6 Å². The molecule has 0 fully saturated rings. The normalized spacial score (nSPS) is 13.4. The van der Waals surface area contributed by atoms with Gasteiger partial charge in [-0.15, -0.1) is 0 Å². The van der Waals surface area contributed by atoms with E-state index in [9.17, 15) is 4.39 Å². The lowest BCUT2D eigenvalue weighted by atomic mass is 9.95. The molecule has 0 aliphatic rings. The van der Waals surface area contributed by atoms with Crippen LogP contribution in [0, 0.1) is 5.41 Å². The van der Waals surface area contributed by atoms with E-state index in [0.29, 0.717) is 5.03 Å². The Bertz CT molecular complexity index is 292. The number of halogens is 2. The summed E-state index contributed by atoms with van der Waals surface area (Å²) in [5, 5.41) is 4.24. The SMILES string of the molecule is CC(C)(CF)/C(Cl)=C/n1cncn1. The Kier molecular flexibility index (Phi) is 3.03. The summed E-state index contributed by atoms with van der Waals surface area (Å²) in [7, 11) is 0. The van der Waals surface area contributed by atoms with Gasteiger partial charge >= 0.3 is 0 Å². The average Bonchev–Trinajstić information content (AvgIpc) is 2.57. The molecule has 0 saturated carbocycles. The maximum absolute atomic E-state index is 12.5. The van der Waals surface area contributed by atoms with Crippen LogP contribution in [-0.4, -0.2) is 21.4 Å². The molecule has 13 heavy (non-hydrogen) atoms. The highest BCUT2D eigenvalue weighted by atomic mass is 35.5. The van der Waals surface area contributed by atoms with Crippen LogP contribution < -0.4 is 0 Å². The molecule has 0 unspecified atom stereocenters. The minimum Gasteiger partial charge on any atom is -0.250 e. The molecule has 0 spiro atoms. The molecule has 1 heterocycles. The van der Waals surface area contributed by atoms with Crippen molar-refractivity contribution < 1.29 is 4.39 Å². The number of hydrogen-bond acceptors (Lipinski definition) is 2. The van der Waals surface area contributed by atoms with Gasteiger partial charge in [0.25, 0.3) is 0 Å². The van der Waals surface area contributed by atoms with Gasteiger partial charge < -0.3 is 0 Å². The number of allylic oxidation sites excluding steroid dienone is 1. The molecule has 1 rings (SSSR count). The first-order chi connectivity index (χ1) is 6.06. The molecule has 5 heteroatoms. The Labute approximate surface area is 81.2 Å². The van der Waals surface area contributed by atoms with Gasteiger partial charge in [0.1, 0.15) is 12.7 Å². The van der Waals surface area contributed by atoms with E-state index in [1.54, 1.807) is 20.0 Å². The highest BCUT2D eigenvalue weighted by Gasteiger charge is 2.21. The van der Waals surface area contributed by atoms with Gasteiger partial charge in [0.15, 0.2) is 0 Å². The standard InChI is InChI=1S/C8H11ClFN3/c1-8(2,4-10)7(9)3-13-6-11-5-12-13/h3,5-6H,4H2,1-2H3/b7-3-. The van der Waals surface area contributed by atoms with Crippen molar-refractivity contribution >= 4 is 17.8 Å². The summed E-state index contributed by atoms with van der Waals surface area (Å²) in [6.45, 7) is 2.95. The molecular weight excluding hydrogens is 193 g/mol. The zero-order valence-electron chi connectivity index (χ0n) is 7.54. The molecule has 1 aromatic rings. The van der Waals surface area contributed by atoms with Crippen LogP contribution in [0.2, 0.25) is 0 Å². The molecule has 72 valence electrons. The largest absolute Gasteiger partial charge is 0.250 e. The van der Waals surface area contributed by atoms with Crippen molar-refractivity contribution in [3.8, 4) is 0 Å². The highest BCUT2D eigenvalue weighted by Crippen LogP contribution is 2.30. The van der Waals surface area contributed by atoms with Gasteiger partial charge in [-0.1, -0.05) is 25.4 Å². The summed E-state index contributed by atoms with van der Waals surface area (Å²) in [6.07, 6.45) is 4.44. The van der Waals surface area contributed by atoms with Gasteiger partial charge in [-0.3, -0.25) is 4.39 Å². The predicted molar refractivity (Wildman–Crippen MR) is 49.9 cm³/mol. The quantitative estimate of drug-likeness (QED) is 0.755. The molecule has 3 nitrogen and oxygen atoms in total. The van der Waals surface area contributed by atoms with Crippen LogP contribution in [0.15, 0.2) is 17.7 Å². The minimum atomic E-state index is -0.659. The van der Waals surface area contributed by atoms with Crippen LogP contribution in [0.3, 0.4) is 0 Å². The van der Waals surface area contributed by atoms with Crippen molar-refractivity contribution in [3.63, 3.8) is 0 Å². The van der Waals surface area contributed by atoms with E-state index in [1.165, 1.54) is 17.3 Å². The van der Waals surface area contributed by atoms with E-state index in [4.69, 9.17) is 11.6 Å². The fourth-order valence-corrected chi connectivity index (χ4v) is 0.789. The smallest absolute Gasteiger partial charge is 0.138 e. The van der Waals surface area contributed by atoms with Crippen molar-refractivity contribution in [1.82, 2.24) is 14.8 Å². The van der Waals surface area contributed by atoms with E-state index in [1.807, 2.05) is 0 Å². The van der Waals surface area contributed by atoms with Crippen LogP contribution in [0.1, 0.15) is 13.8 Å². The lowest BCUT2D eigenvalue weighted by Crippen LogP contribution is -2.14. The molecule has 0 aromatic carbocycles. The molecule has 0 bridgehead atoms. The van der Waals surface area contributed by atoms with Gasteiger partial charge in [0.05, 0.1) is 6.67 Å². The van der Waals surface area contributed by atoms with Crippen LogP contribution in [0.5, 0.6) is 0 Å². The first-order valence-corrected chi connectivity index (χ1v) is 4.22. The van der Waals surface area contributed by atoms with Crippen LogP contribution in [0.25, 0.3) is 6.20 Å². The summed E-state index contributed by atoms with van der Waals surface area (Å²) < 4.78 is 13.9. The number of aromatic nitrogens is 3. The molecular formula is C8H11ClFN3. The summed E-state index contributed by atoms with van der Waals surface area (Å²) >= 11 is 5.90. The maximum Gasteiger partial charge on any atom is 0.138 e. The third kappa shape index (κ3) is 2.52. The third-order valence-electron chi connectivity index (χ3n) is 1.66. The van der Waals surface area contributed by atoms with Gasteiger partial charge in [-0.25, -0.2) is 9.67 Å². The van der Waals surface area contributed by atoms with Crippen molar-refractivity contribution in [2.24, 2.45) is 5.41 Å². The number of nitrogens with zero attached hydrogens (tertiary/aromatic N) is 3. The molecule has 0 radical (unpaired) electrons. The Balaban J connectivity index is 2.84. The van der Waals surface area contributed by atoms with Gasteiger partial charge in [0, 0.05) is 16.6 Å². The topological polar surface area (TPSA) is 30.7 Å². The van der Waals surface area contributed by atoms with Gasteiger partial charge in [0.2, 0.25) is 0 Å². The second-order valence-electron chi connectivity index (χ2n) is 3.37. The fourth-order valence-electron chi connectivity index (χ4n) is 0.639. The number of alkyl halides is 1. The molecule has 0 aliphatic heterocycles. The zero-order valence-corrected chi connectivity index (χ0v) is 8.29. The lowest BCUT2D eigenvalue weighted by molar-refractivity contribution is 0.317. The highest BCUT2D eigenvalue weighted by molar-refractivity contribution is 6.31. The maximum atomic E-state index is 12.5. The van der Waals surface area contributed by atoms with E-state index < -0.39 is 12.1 Å². The number of rotatable bonds is 3. The monoisotopic (exact) mass is 203 g/mol. The molecule has 1 aromatic heterocycles. The average molecular weight is 204 g/mol. The lowest BCUT2D eigenvalue weighted by Gasteiger charge is -2.18. The van der Waals surface area contributed by atoms with Gasteiger partial charge in [-0.05, 0) is 0 Å². The zero-order chi connectivity index (χ0) is 9.90. The third-order valence-corrected chi connectivity index (χ3v) is 2.27. The van der Waals surface area contributed by atoms with Crippen molar-refractivity contribution in [1.29, 1.82) is 0 Å². The second kappa shape index (κ2) is 3.87. The Morgan fingerprint density at radius 3 is 2.85 bits per heavy atom. The van der Waals surface area contributed by atoms with E-state index in [0.717, 1.165) is 0 Å². The van der Waals surface area contributed by atoms with E-state index in [2.05, 4.69) is 10.1 Å². The van der Waals surface area contributed by atoms with Crippen molar-refractivity contribution in [3.05, 3.63) is 17.7 Å². The molecule has 0 N–H and O–H groups in total. The van der Waals surface area contributed by atoms with Crippen LogP contribution in [0.4, 0.5) is 4.39 Å². The first-order valence-electron chi connectivity index (χ1n) is 3.84. The number of hydrogen-bond donors (Lipinski definition) is 0. The van der Waals surface area contributed by atoms with E-state index in [-0.39, 0.29) is 0 Å². The molecule has 0 atom stereocenters. The Morgan fingerprint density at radius 2 is 2.38 bits per heavy atom. The minimum absolute atomic E-state index is 0.417. The second-order valence-corrected chi connectivity index (χ2v) is 3.78. The molecule has 0 aliphatic carbocycles. The summed E-state index contributed by atoms with van der Waals surface area (Å²) in [5.41, 5.74) is -0.659. The summed E-state index contributed by atoms with van der Waals surface area (Å²) in [4.78, 5) is 3.74.